The summed E-state index contributed by atoms with van der Waals surface area (Å²) in [6.45, 7) is 0. The fourth-order valence-corrected chi connectivity index (χ4v) is 5.24. The molecule has 148 valence electrons. The van der Waals surface area contributed by atoms with Crippen molar-refractivity contribution < 1.29 is 9.90 Å². The lowest BCUT2D eigenvalue weighted by Gasteiger charge is -2.06. The zero-order chi connectivity index (χ0) is 20.9. The Labute approximate surface area is 184 Å². The summed E-state index contributed by atoms with van der Waals surface area (Å²) < 4.78 is 0. The molecule has 0 saturated heterocycles. The van der Waals surface area contributed by atoms with E-state index in [1.54, 1.807) is 23.9 Å². The molecule has 0 spiro atoms. The van der Waals surface area contributed by atoms with Gasteiger partial charge < -0.3 is 5.11 Å². The second kappa shape index (κ2) is 9.24. The molecular formula is C26H21O2S2+. The van der Waals surface area contributed by atoms with Gasteiger partial charge in [-0.2, -0.15) is 0 Å². The van der Waals surface area contributed by atoms with Crippen LogP contribution in [0.4, 0.5) is 0 Å². The van der Waals surface area contributed by atoms with Crippen LogP contribution >= 0.6 is 11.8 Å². The molecule has 4 aromatic rings. The standard InChI is InChI=1S/C26H20O2S2/c1-30(24-15-9-21(27)10-16-24)25-17-13-23(14-18-25)29-22-11-7-20(8-12-22)26(28)19-5-3-2-4-6-19/h2-18H,1H3/p+1. The van der Waals surface area contributed by atoms with Crippen LogP contribution in [-0.4, -0.2) is 17.1 Å². The first kappa shape index (κ1) is 20.3. The van der Waals surface area contributed by atoms with Gasteiger partial charge in [-0.3, -0.25) is 4.79 Å². The molecule has 1 N–H and O–H groups in total. The van der Waals surface area contributed by atoms with Crippen molar-refractivity contribution in [2.75, 3.05) is 6.26 Å². The highest BCUT2D eigenvalue weighted by Gasteiger charge is 2.19. The summed E-state index contributed by atoms with van der Waals surface area (Å²) in [5.74, 6) is 0.333. The van der Waals surface area contributed by atoms with Crippen molar-refractivity contribution in [2.24, 2.45) is 0 Å². The maximum absolute atomic E-state index is 12.5. The van der Waals surface area contributed by atoms with Crippen LogP contribution in [0.15, 0.2) is 123 Å². The molecule has 0 bridgehead atoms. The quantitative estimate of drug-likeness (QED) is 0.283. The molecule has 4 heteroatoms. The van der Waals surface area contributed by atoms with E-state index >= 15 is 0 Å². The minimum absolute atomic E-state index is 0.0423. The van der Waals surface area contributed by atoms with Gasteiger partial charge in [-0.05, 0) is 72.8 Å². The number of phenols is 1. The van der Waals surface area contributed by atoms with E-state index in [1.165, 1.54) is 9.79 Å². The van der Waals surface area contributed by atoms with E-state index < -0.39 is 0 Å². The monoisotopic (exact) mass is 429 g/mol. The van der Waals surface area contributed by atoms with Crippen LogP contribution in [0.2, 0.25) is 0 Å². The number of rotatable bonds is 6. The Bertz CT molecular complexity index is 1120. The van der Waals surface area contributed by atoms with Crippen LogP contribution < -0.4 is 0 Å². The van der Waals surface area contributed by atoms with Crippen LogP contribution in [-0.2, 0) is 10.9 Å². The van der Waals surface area contributed by atoms with Gasteiger partial charge in [0, 0.05) is 20.9 Å². The van der Waals surface area contributed by atoms with Gasteiger partial charge in [0.1, 0.15) is 12.0 Å². The fraction of sp³-hybridized carbons (Fsp3) is 0.0385. The van der Waals surface area contributed by atoms with Crippen molar-refractivity contribution >= 4 is 28.4 Å². The molecular weight excluding hydrogens is 408 g/mol. The number of phenolic OH excluding ortho intramolecular Hbond substituents is 1. The summed E-state index contributed by atoms with van der Waals surface area (Å²) in [6.07, 6.45) is 2.19. The van der Waals surface area contributed by atoms with Crippen LogP contribution in [0.3, 0.4) is 0 Å². The molecule has 0 aliphatic heterocycles. The topological polar surface area (TPSA) is 37.3 Å². The molecule has 0 aliphatic carbocycles. The van der Waals surface area contributed by atoms with Crippen LogP contribution in [0.1, 0.15) is 15.9 Å². The second-order valence-corrected chi connectivity index (χ2v) is 9.91. The van der Waals surface area contributed by atoms with Crippen molar-refractivity contribution in [2.45, 2.75) is 19.6 Å². The number of carbonyl (C=O) groups is 1. The van der Waals surface area contributed by atoms with Crippen molar-refractivity contribution in [1.82, 2.24) is 0 Å². The first-order valence-corrected chi connectivity index (χ1v) is 12.0. The van der Waals surface area contributed by atoms with Gasteiger partial charge in [-0.25, -0.2) is 0 Å². The van der Waals surface area contributed by atoms with E-state index in [-0.39, 0.29) is 16.7 Å². The van der Waals surface area contributed by atoms with Crippen molar-refractivity contribution in [3.05, 3.63) is 114 Å². The van der Waals surface area contributed by atoms with Crippen molar-refractivity contribution in [3.8, 4) is 5.75 Å². The lowest BCUT2D eigenvalue weighted by Crippen LogP contribution is -2.00. The number of hydrogen-bond acceptors (Lipinski definition) is 3. The average molecular weight is 430 g/mol. The lowest BCUT2D eigenvalue weighted by atomic mass is 10.0. The minimum atomic E-state index is -0.0443. The molecule has 4 rings (SSSR count). The lowest BCUT2D eigenvalue weighted by molar-refractivity contribution is 0.103. The number of hydrogen-bond donors (Lipinski definition) is 1. The van der Waals surface area contributed by atoms with E-state index in [4.69, 9.17) is 0 Å². The van der Waals surface area contributed by atoms with Crippen molar-refractivity contribution in [3.63, 3.8) is 0 Å². The number of benzene rings is 4. The third kappa shape index (κ3) is 4.78. The zero-order valence-electron chi connectivity index (χ0n) is 16.5. The molecule has 0 heterocycles. The fourth-order valence-electron chi connectivity index (χ4n) is 3.06. The maximum atomic E-state index is 12.5. The van der Waals surface area contributed by atoms with Gasteiger partial charge in [0.05, 0.1) is 10.9 Å². The number of aromatic hydroxyl groups is 1. The van der Waals surface area contributed by atoms with E-state index in [1.807, 2.05) is 66.7 Å². The summed E-state index contributed by atoms with van der Waals surface area (Å²) in [5.41, 5.74) is 1.40. The zero-order valence-corrected chi connectivity index (χ0v) is 18.1. The minimum Gasteiger partial charge on any atom is -0.508 e. The first-order chi connectivity index (χ1) is 14.6. The molecule has 0 fully saturated rings. The van der Waals surface area contributed by atoms with Gasteiger partial charge in [-0.1, -0.05) is 42.1 Å². The number of ketones is 1. The molecule has 2 nitrogen and oxygen atoms in total. The van der Waals surface area contributed by atoms with Crippen LogP contribution in [0.5, 0.6) is 5.75 Å². The summed E-state index contributed by atoms with van der Waals surface area (Å²) in [5, 5.41) is 9.47. The summed E-state index contributed by atoms with van der Waals surface area (Å²) in [7, 11) is -0.0443. The third-order valence-corrected chi connectivity index (χ3v) is 7.73. The largest absolute Gasteiger partial charge is 0.508 e. The van der Waals surface area contributed by atoms with Gasteiger partial charge in [0.25, 0.3) is 0 Å². The van der Waals surface area contributed by atoms with Gasteiger partial charge in [0.2, 0.25) is 0 Å². The summed E-state index contributed by atoms with van der Waals surface area (Å²) in [6, 6.07) is 33.1. The molecule has 0 aliphatic rings. The Morgan fingerprint density at radius 2 is 1.13 bits per heavy atom. The Kier molecular flexibility index (Phi) is 6.26. The van der Waals surface area contributed by atoms with E-state index in [0.717, 1.165) is 9.79 Å². The highest BCUT2D eigenvalue weighted by molar-refractivity contribution is 7.99. The smallest absolute Gasteiger partial charge is 0.193 e. The highest BCUT2D eigenvalue weighted by atomic mass is 32.2. The normalized spacial score (nSPS) is 11.8. The van der Waals surface area contributed by atoms with E-state index in [9.17, 15) is 9.90 Å². The van der Waals surface area contributed by atoms with Crippen LogP contribution in [0, 0.1) is 0 Å². The van der Waals surface area contributed by atoms with Gasteiger partial charge in [0.15, 0.2) is 15.6 Å². The Morgan fingerprint density at radius 1 is 0.667 bits per heavy atom. The SMILES string of the molecule is C[S+](c1ccc(O)cc1)c1ccc(Sc2ccc(C(=O)c3ccccc3)cc2)cc1. The van der Waals surface area contributed by atoms with Crippen molar-refractivity contribution in [1.29, 1.82) is 0 Å². The molecule has 1 unspecified atom stereocenters. The van der Waals surface area contributed by atoms with Crippen LogP contribution in [0.25, 0.3) is 0 Å². The predicted octanol–water partition coefficient (Wildman–Crippen LogP) is 6.44. The third-order valence-electron chi connectivity index (χ3n) is 4.76. The van der Waals surface area contributed by atoms with E-state index in [0.29, 0.717) is 16.9 Å². The van der Waals surface area contributed by atoms with Gasteiger partial charge >= 0.3 is 0 Å². The molecule has 4 aromatic carbocycles. The molecule has 0 saturated carbocycles. The Hall–Kier alpha value is -2.95. The number of carbonyl (C=O) groups excluding carboxylic acids is 1. The molecule has 0 amide bonds. The average Bonchev–Trinajstić information content (AvgIpc) is 2.80. The van der Waals surface area contributed by atoms with E-state index in [2.05, 4.69) is 30.5 Å². The Morgan fingerprint density at radius 3 is 1.70 bits per heavy atom. The second-order valence-electron chi connectivity index (χ2n) is 6.80. The van der Waals surface area contributed by atoms with Gasteiger partial charge in [-0.15, -0.1) is 0 Å². The molecule has 1 atom stereocenters. The molecule has 30 heavy (non-hydrogen) atoms. The maximum Gasteiger partial charge on any atom is 0.193 e. The first-order valence-electron chi connectivity index (χ1n) is 9.53. The summed E-state index contributed by atoms with van der Waals surface area (Å²) >= 11 is 1.68. The highest BCUT2D eigenvalue weighted by Crippen LogP contribution is 2.30. The summed E-state index contributed by atoms with van der Waals surface area (Å²) in [4.78, 5) is 17.2. The molecule has 0 aromatic heterocycles. The molecule has 0 radical (unpaired) electrons. The predicted molar refractivity (Wildman–Crippen MR) is 125 cm³/mol. The Balaban J connectivity index is 1.43.